The van der Waals surface area contributed by atoms with Crippen LogP contribution in [0, 0.1) is 6.92 Å². The lowest BCUT2D eigenvalue weighted by molar-refractivity contribution is 0.223. The third-order valence-electron chi connectivity index (χ3n) is 3.62. The summed E-state index contributed by atoms with van der Waals surface area (Å²) in [5.41, 5.74) is 4.49. The number of rotatable bonds is 5. The molecule has 0 saturated carbocycles. The number of para-hydroxylation sites is 1. The average molecular weight is 329 g/mol. The Morgan fingerprint density at radius 3 is 2.70 bits per heavy atom. The van der Waals surface area contributed by atoms with E-state index < -0.39 is 0 Å². The number of aryl methyl sites for hydroxylation is 2. The van der Waals surface area contributed by atoms with Crippen molar-refractivity contribution in [2.45, 2.75) is 30.9 Å². The molecule has 2 aromatic rings. The molecule has 23 heavy (non-hydrogen) atoms. The molecule has 0 fully saturated rings. The van der Waals surface area contributed by atoms with Crippen LogP contribution in [0.2, 0.25) is 0 Å². The van der Waals surface area contributed by atoms with E-state index in [1.807, 2.05) is 24.3 Å². The van der Waals surface area contributed by atoms with Crippen LogP contribution in [0.3, 0.4) is 0 Å². The van der Waals surface area contributed by atoms with Gasteiger partial charge in [0.2, 0.25) is 0 Å². The first-order chi connectivity index (χ1) is 11.0. The van der Waals surface area contributed by atoms with Crippen LogP contribution in [0.1, 0.15) is 23.6 Å². The fraction of sp³-hybridized carbons (Fsp3) is 0.278. The summed E-state index contributed by atoms with van der Waals surface area (Å²) in [5, 5.41) is 3.87. The molecule has 5 heteroatoms. The Labute approximate surface area is 142 Å². The third kappa shape index (κ3) is 4.74. The summed E-state index contributed by atoms with van der Waals surface area (Å²) in [5.74, 6) is 6.26. The normalized spacial score (nSPS) is 10.4. The zero-order valence-electron chi connectivity index (χ0n) is 13.8. The largest absolute Gasteiger partial charge is 0.335 e. The van der Waals surface area contributed by atoms with Crippen molar-refractivity contribution < 1.29 is 4.79 Å². The fourth-order valence-corrected chi connectivity index (χ4v) is 3.24. The molecule has 0 saturated heterocycles. The first-order valence-corrected chi connectivity index (χ1v) is 8.59. The minimum absolute atomic E-state index is 0.327. The van der Waals surface area contributed by atoms with E-state index in [9.17, 15) is 4.79 Å². The maximum absolute atomic E-state index is 11.8. The van der Waals surface area contributed by atoms with Crippen molar-refractivity contribution in [1.29, 1.82) is 0 Å². The van der Waals surface area contributed by atoms with Crippen molar-refractivity contribution in [2.24, 2.45) is 5.84 Å². The third-order valence-corrected chi connectivity index (χ3v) is 4.83. The number of hydrogen-bond acceptors (Lipinski definition) is 3. The van der Waals surface area contributed by atoms with E-state index >= 15 is 0 Å². The Morgan fingerprint density at radius 1 is 1.26 bits per heavy atom. The van der Waals surface area contributed by atoms with Crippen LogP contribution in [0.15, 0.2) is 47.4 Å². The second-order valence-corrected chi connectivity index (χ2v) is 6.46. The van der Waals surface area contributed by atoms with Crippen molar-refractivity contribution in [1.82, 2.24) is 5.01 Å². The smallest absolute Gasteiger partial charge is 0.306 e. The molecule has 4 nitrogen and oxygen atoms in total. The van der Waals surface area contributed by atoms with Crippen molar-refractivity contribution in [2.75, 3.05) is 12.4 Å². The predicted molar refractivity (Wildman–Crippen MR) is 97.5 cm³/mol. The van der Waals surface area contributed by atoms with E-state index in [1.54, 1.807) is 11.8 Å². The summed E-state index contributed by atoms with van der Waals surface area (Å²) in [6, 6.07) is 14.1. The topological polar surface area (TPSA) is 58.4 Å². The monoisotopic (exact) mass is 329 g/mol. The number of urea groups is 1. The molecular formula is C18H23N3OS. The predicted octanol–water partition coefficient (Wildman–Crippen LogP) is 4.19. The van der Waals surface area contributed by atoms with Gasteiger partial charge in [-0.2, -0.15) is 0 Å². The van der Waals surface area contributed by atoms with Gasteiger partial charge in [-0.1, -0.05) is 37.3 Å². The van der Waals surface area contributed by atoms with Crippen molar-refractivity contribution in [3.05, 3.63) is 59.2 Å². The molecule has 0 heterocycles. The number of amides is 2. The molecule has 0 spiro atoms. The molecule has 0 aliphatic rings. The Hall–Kier alpha value is -1.98. The zero-order chi connectivity index (χ0) is 16.8. The van der Waals surface area contributed by atoms with Crippen LogP contribution in [-0.2, 0) is 12.2 Å². The van der Waals surface area contributed by atoms with E-state index in [0.717, 1.165) is 28.4 Å². The quantitative estimate of drug-likeness (QED) is 0.374. The fourth-order valence-electron chi connectivity index (χ4n) is 2.15. The van der Waals surface area contributed by atoms with Gasteiger partial charge in [-0.05, 0) is 42.2 Å². The van der Waals surface area contributed by atoms with E-state index in [2.05, 4.69) is 37.4 Å². The highest BCUT2D eigenvalue weighted by Gasteiger charge is 2.09. The zero-order valence-corrected chi connectivity index (χ0v) is 14.6. The number of thioether (sulfide) groups is 1. The van der Waals surface area contributed by atoms with Crippen LogP contribution in [0.5, 0.6) is 0 Å². The number of carbonyl (C=O) groups is 1. The van der Waals surface area contributed by atoms with E-state index in [-0.39, 0.29) is 6.03 Å². The van der Waals surface area contributed by atoms with Crippen LogP contribution in [0.4, 0.5) is 10.5 Å². The number of hydrogen-bond donors (Lipinski definition) is 2. The van der Waals surface area contributed by atoms with Gasteiger partial charge in [-0.3, -0.25) is 5.01 Å². The number of anilines is 1. The molecule has 2 rings (SSSR count). The Bertz CT molecular complexity index is 686. The van der Waals surface area contributed by atoms with Gasteiger partial charge in [-0.15, -0.1) is 11.8 Å². The van der Waals surface area contributed by atoms with Gasteiger partial charge in [-0.25, -0.2) is 10.6 Å². The van der Waals surface area contributed by atoms with Crippen LogP contribution < -0.4 is 11.2 Å². The van der Waals surface area contributed by atoms with Gasteiger partial charge in [0.25, 0.3) is 0 Å². The molecule has 2 aromatic carbocycles. The Balaban J connectivity index is 2.13. The van der Waals surface area contributed by atoms with Crippen LogP contribution >= 0.6 is 11.8 Å². The SMILES string of the molecule is CCc1ccc(C)c(SCc2ccccc2NC(=O)N(C)N)c1. The summed E-state index contributed by atoms with van der Waals surface area (Å²) in [4.78, 5) is 13.0. The summed E-state index contributed by atoms with van der Waals surface area (Å²) in [6.45, 7) is 4.28. The molecule has 0 unspecified atom stereocenters. The van der Waals surface area contributed by atoms with Crippen LogP contribution in [0.25, 0.3) is 0 Å². The number of hydrazine groups is 1. The first-order valence-electron chi connectivity index (χ1n) is 7.61. The highest BCUT2D eigenvalue weighted by Crippen LogP contribution is 2.30. The standard InChI is InChI=1S/C18H23N3OS/c1-4-14-10-9-13(2)17(11-14)23-12-15-7-5-6-8-16(15)20-18(22)21(3)19/h5-11H,4,12,19H2,1-3H3,(H,20,22). The highest BCUT2D eigenvalue weighted by atomic mass is 32.2. The molecule has 122 valence electrons. The number of nitrogens with two attached hydrogens (primary N) is 1. The molecule has 0 radical (unpaired) electrons. The number of nitrogens with one attached hydrogen (secondary N) is 1. The van der Waals surface area contributed by atoms with E-state index in [1.165, 1.54) is 23.1 Å². The first kappa shape index (κ1) is 17.4. The summed E-state index contributed by atoms with van der Waals surface area (Å²) < 4.78 is 0. The molecule has 2 amide bonds. The molecular weight excluding hydrogens is 306 g/mol. The maximum atomic E-state index is 11.8. The van der Waals surface area contributed by atoms with Crippen molar-refractivity contribution in [3.63, 3.8) is 0 Å². The lowest BCUT2D eigenvalue weighted by Crippen LogP contribution is -2.37. The Kier molecular flexibility index (Phi) is 6.07. The van der Waals surface area contributed by atoms with Gasteiger partial charge in [0.15, 0.2) is 0 Å². The van der Waals surface area contributed by atoms with Crippen molar-refractivity contribution >= 4 is 23.5 Å². The number of benzene rings is 2. The van der Waals surface area contributed by atoms with Gasteiger partial charge < -0.3 is 5.32 Å². The Morgan fingerprint density at radius 2 is 2.00 bits per heavy atom. The summed E-state index contributed by atoms with van der Waals surface area (Å²) >= 11 is 1.78. The van der Waals surface area contributed by atoms with Gasteiger partial charge in [0.05, 0.1) is 0 Å². The van der Waals surface area contributed by atoms with E-state index in [4.69, 9.17) is 5.84 Å². The molecule has 0 atom stereocenters. The van der Waals surface area contributed by atoms with Crippen molar-refractivity contribution in [3.8, 4) is 0 Å². The molecule has 3 N–H and O–H groups in total. The summed E-state index contributed by atoms with van der Waals surface area (Å²) in [7, 11) is 1.52. The van der Waals surface area contributed by atoms with E-state index in [0.29, 0.717) is 0 Å². The molecule has 0 aliphatic carbocycles. The molecule has 0 aromatic heterocycles. The lowest BCUT2D eigenvalue weighted by Gasteiger charge is -2.15. The average Bonchev–Trinajstić information content (AvgIpc) is 2.55. The minimum atomic E-state index is -0.327. The number of nitrogens with zero attached hydrogens (tertiary/aromatic N) is 1. The second-order valence-electron chi connectivity index (χ2n) is 5.44. The van der Waals surface area contributed by atoms with Gasteiger partial charge >= 0.3 is 6.03 Å². The lowest BCUT2D eigenvalue weighted by atomic mass is 10.1. The number of carbonyl (C=O) groups excluding carboxylic acids is 1. The minimum Gasteiger partial charge on any atom is -0.306 e. The molecule has 0 bridgehead atoms. The highest BCUT2D eigenvalue weighted by molar-refractivity contribution is 7.98. The molecule has 0 aliphatic heterocycles. The van der Waals surface area contributed by atoms with Crippen LogP contribution in [-0.4, -0.2) is 18.1 Å². The summed E-state index contributed by atoms with van der Waals surface area (Å²) in [6.07, 6.45) is 1.03. The van der Waals surface area contributed by atoms with Gasteiger partial charge in [0.1, 0.15) is 0 Å². The second kappa shape index (κ2) is 8.04. The maximum Gasteiger partial charge on any atom is 0.335 e. The van der Waals surface area contributed by atoms with Gasteiger partial charge in [0, 0.05) is 23.4 Å².